The van der Waals surface area contributed by atoms with E-state index in [9.17, 15) is 4.79 Å². The van der Waals surface area contributed by atoms with Crippen molar-refractivity contribution in [3.63, 3.8) is 0 Å². The highest BCUT2D eigenvalue weighted by atomic mass is 16.2. The van der Waals surface area contributed by atoms with Gasteiger partial charge in [0.05, 0.1) is 23.1 Å². The van der Waals surface area contributed by atoms with Crippen LogP contribution < -0.4 is 0 Å². The minimum absolute atomic E-state index is 0.131. The normalized spacial score (nSPS) is 18.0. The van der Waals surface area contributed by atoms with Gasteiger partial charge in [-0.25, -0.2) is 4.98 Å². The summed E-state index contributed by atoms with van der Waals surface area (Å²) < 4.78 is 1.92. The zero-order valence-electron chi connectivity index (χ0n) is 13.4. The number of carbonyl (C=O) groups is 1. The van der Waals surface area contributed by atoms with Gasteiger partial charge in [-0.3, -0.25) is 14.8 Å². The van der Waals surface area contributed by atoms with Crippen LogP contribution in [0.15, 0.2) is 49.2 Å². The van der Waals surface area contributed by atoms with Crippen LogP contribution in [0, 0.1) is 0 Å². The third kappa shape index (κ3) is 2.87. The van der Waals surface area contributed by atoms with Gasteiger partial charge in [-0.2, -0.15) is 0 Å². The van der Waals surface area contributed by atoms with E-state index >= 15 is 0 Å². The number of amides is 1. The zero-order valence-corrected chi connectivity index (χ0v) is 13.4. The molecule has 122 valence electrons. The monoisotopic (exact) mass is 321 g/mol. The number of para-hydroxylation sites is 2. The molecule has 0 bridgehead atoms. The van der Waals surface area contributed by atoms with Crippen molar-refractivity contribution in [3.05, 3.63) is 54.9 Å². The number of rotatable bonds is 3. The summed E-state index contributed by atoms with van der Waals surface area (Å²) in [5.41, 5.74) is 2.89. The Kier molecular flexibility index (Phi) is 3.94. The Bertz CT molecular complexity index is 845. The van der Waals surface area contributed by atoms with Crippen molar-refractivity contribution >= 4 is 16.9 Å². The molecule has 3 heterocycles. The van der Waals surface area contributed by atoms with Gasteiger partial charge in [0.25, 0.3) is 0 Å². The molecule has 1 aliphatic rings. The molecular weight excluding hydrogens is 302 g/mol. The summed E-state index contributed by atoms with van der Waals surface area (Å²) in [6, 6.07) is 7.88. The van der Waals surface area contributed by atoms with Gasteiger partial charge in [0.1, 0.15) is 6.54 Å². The van der Waals surface area contributed by atoms with Crippen LogP contribution in [-0.2, 0) is 11.3 Å². The molecule has 2 aromatic heterocycles. The molecule has 1 amide bonds. The van der Waals surface area contributed by atoms with Crippen LogP contribution >= 0.6 is 0 Å². The largest absolute Gasteiger partial charge is 0.340 e. The lowest BCUT2D eigenvalue weighted by atomic mass is 9.95. The molecule has 1 aromatic carbocycles. The fourth-order valence-corrected chi connectivity index (χ4v) is 3.35. The Balaban J connectivity index is 1.48. The van der Waals surface area contributed by atoms with E-state index in [1.54, 1.807) is 18.7 Å². The van der Waals surface area contributed by atoms with E-state index in [-0.39, 0.29) is 11.8 Å². The summed E-state index contributed by atoms with van der Waals surface area (Å²) in [6.45, 7) is 1.85. The lowest BCUT2D eigenvalue weighted by Crippen LogP contribution is -2.41. The summed E-state index contributed by atoms with van der Waals surface area (Å²) in [4.78, 5) is 27.6. The summed E-state index contributed by atoms with van der Waals surface area (Å²) in [7, 11) is 0. The standard InChI is InChI=1S/C18H19N5O/c24-18(12-23-13-21-15-5-1-2-6-17(15)23)22-9-3-4-14(11-22)16-10-19-7-8-20-16/h1-2,5-8,10,13-14H,3-4,9,11-12H2/t14-/m1/s1. The van der Waals surface area contributed by atoms with Crippen LogP contribution in [0.5, 0.6) is 0 Å². The van der Waals surface area contributed by atoms with Crippen LogP contribution in [0.2, 0.25) is 0 Å². The summed E-state index contributed by atoms with van der Waals surface area (Å²) >= 11 is 0. The highest BCUT2D eigenvalue weighted by molar-refractivity contribution is 5.80. The first kappa shape index (κ1) is 14.8. The number of hydrogen-bond acceptors (Lipinski definition) is 4. The Labute approximate surface area is 140 Å². The van der Waals surface area contributed by atoms with Crippen LogP contribution in [0.1, 0.15) is 24.5 Å². The van der Waals surface area contributed by atoms with E-state index in [0.717, 1.165) is 36.1 Å². The maximum Gasteiger partial charge on any atom is 0.242 e. The second kappa shape index (κ2) is 6.39. The van der Waals surface area contributed by atoms with Crippen LogP contribution in [0.3, 0.4) is 0 Å². The number of fused-ring (bicyclic) bond motifs is 1. The van der Waals surface area contributed by atoms with Crippen LogP contribution in [0.4, 0.5) is 0 Å². The maximum atomic E-state index is 12.7. The molecule has 1 saturated heterocycles. The van der Waals surface area contributed by atoms with Crippen molar-refractivity contribution in [2.45, 2.75) is 25.3 Å². The predicted octanol–water partition coefficient (Wildman–Crippen LogP) is 2.23. The number of likely N-dealkylation sites (tertiary alicyclic amines) is 1. The molecular formula is C18H19N5O. The first-order chi connectivity index (χ1) is 11.8. The number of nitrogens with zero attached hydrogens (tertiary/aromatic N) is 5. The Morgan fingerprint density at radius 1 is 1.21 bits per heavy atom. The molecule has 1 atom stereocenters. The SMILES string of the molecule is O=C(Cn1cnc2ccccc21)N1CCC[C@@H](c2cnccn2)C1. The van der Waals surface area contributed by atoms with E-state index in [1.165, 1.54) is 0 Å². The zero-order chi connectivity index (χ0) is 16.4. The average molecular weight is 321 g/mol. The number of aromatic nitrogens is 4. The minimum atomic E-state index is 0.131. The first-order valence-electron chi connectivity index (χ1n) is 8.25. The van der Waals surface area contributed by atoms with Gasteiger partial charge >= 0.3 is 0 Å². The van der Waals surface area contributed by atoms with E-state index < -0.39 is 0 Å². The van der Waals surface area contributed by atoms with Crippen molar-refractivity contribution in [2.75, 3.05) is 13.1 Å². The van der Waals surface area contributed by atoms with Crippen molar-refractivity contribution in [3.8, 4) is 0 Å². The molecule has 3 aromatic rings. The Morgan fingerprint density at radius 2 is 2.12 bits per heavy atom. The maximum absolute atomic E-state index is 12.7. The molecule has 0 N–H and O–H groups in total. The number of hydrogen-bond donors (Lipinski definition) is 0. The van der Waals surface area contributed by atoms with Gasteiger partial charge in [-0.05, 0) is 25.0 Å². The van der Waals surface area contributed by atoms with E-state index in [1.807, 2.05) is 39.9 Å². The van der Waals surface area contributed by atoms with Crippen LogP contribution in [0.25, 0.3) is 11.0 Å². The molecule has 1 aliphatic heterocycles. The van der Waals surface area contributed by atoms with Crippen molar-refractivity contribution in [1.82, 2.24) is 24.4 Å². The van der Waals surface area contributed by atoms with Gasteiger partial charge in [-0.15, -0.1) is 0 Å². The number of piperidine rings is 1. The topological polar surface area (TPSA) is 63.9 Å². The summed E-state index contributed by atoms with van der Waals surface area (Å²) in [6.07, 6.45) is 9.00. The highest BCUT2D eigenvalue weighted by Crippen LogP contribution is 2.25. The molecule has 6 nitrogen and oxygen atoms in total. The van der Waals surface area contributed by atoms with E-state index in [4.69, 9.17) is 0 Å². The molecule has 0 spiro atoms. The van der Waals surface area contributed by atoms with Gasteiger partial charge in [0.2, 0.25) is 5.91 Å². The third-order valence-electron chi connectivity index (χ3n) is 4.61. The lowest BCUT2D eigenvalue weighted by molar-refractivity contribution is -0.133. The lowest BCUT2D eigenvalue weighted by Gasteiger charge is -2.32. The molecule has 0 saturated carbocycles. The van der Waals surface area contributed by atoms with Crippen LogP contribution in [-0.4, -0.2) is 43.4 Å². The summed E-state index contributed by atoms with van der Waals surface area (Å²) in [5, 5.41) is 0. The minimum Gasteiger partial charge on any atom is -0.340 e. The smallest absolute Gasteiger partial charge is 0.242 e. The quantitative estimate of drug-likeness (QED) is 0.742. The molecule has 0 radical (unpaired) electrons. The van der Waals surface area contributed by atoms with Crippen molar-refractivity contribution in [2.24, 2.45) is 0 Å². The molecule has 24 heavy (non-hydrogen) atoms. The Hall–Kier alpha value is -2.76. The number of benzene rings is 1. The number of imidazole rings is 1. The third-order valence-corrected chi connectivity index (χ3v) is 4.61. The summed E-state index contributed by atoms with van der Waals surface area (Å²) in [5.74, 6) is 0.405. The molecule has 4 rings (SSSR count). The fourth-order valence-electron chi connectivity index (χ4n) is 3.35. The van der Waals surface area contributed by atoms with Crippen molar-refractivity contribution < 1.29 is 4.79 Å². The molecule has 6 heteroatoms. The van der Waals surface area contributed by atoms with E-state index in [2.05, 4.69) is 15.0 Å². The first-order valence-corrected chi connectivity index (χ1v) is 8.25. The average Bonchev–Trinajstić information content (AvgIpc) is 3.06. The fraction of sp³-hybridized carbons (Fsp3) is 0.333. The molecule has 1 fully saturated rings. The molecule has 0 unspecified atom stereocenters. The second-order valence-electron chi connectivity index (χ2n) is 6.17. The number of carbonyl (C=O) groups excluding carboxylic acids is 1. The molecule has 0 aliphatic carbocycles. The van der Waals surface area contributed by atoms with Gasteiger partial charge in [0.15, 0.2) is 0 Å². The van der Waals surface area contributed by atoms with Crippen molar-refractivity contribution in [1.29, 1.82) is 0 Å². The van der Waals surface area contributed by atoms with Gasteiger partial charge < -0.3 is 9.47 Å². The highest BCUT2D eigenvalue weighted by Gasteiger charge is 2.25. The van der Waals surface area contributed by atoms with E-state index in [0.29, 0.717) is 13.1 Å². The van der Waals surface area contributed by atoms with Gasteiger partial charge in [0, 0.05) is 37.6 Å². The Morgan fingerprint density at radius 3 is 3.00 bits per heavy atom. The second-order valence-corrected chi connectivity index (χ2v) is 6.17. The predicted molar refractivity (Wildman–Crippen MR) is 90.3 cm³/mol. The van der Waals surface area contributed by atoms with Gasteiger partial charge in [-0.1, -0.05) is 12.1 Å².